The second kappa shape index (κ2) is 10.9. The highest BCUT2D eigenvalue weighted by atomic mass is 16.5. The molecular weight excluding hydrogens is 348 g/mol. The summed E-state index contributed by atoms with van der Waals surface area (Å²) in [6.07, 6.45) is 7.88. The molecule has 0 radical (unpaired) electrons. The molecule has 2 aromatic carbocycles. The van der Waals surface area contributed by atoms with E-state index in [1.807, 2.05) is 30.3 Å². The Morgan fingerprint density at radius 1 is 0.964 bits per heavy atom. The molecule has 0 spiro atoms. The predicted molar refractivity (Wildman–Crippen MR) is 112 cm³/mol. The van der Waals surface area contributed by atoms with Gasteiger partial charge in [0.05, 0.1) is 0 Å². The summed E-state index contributed by atoms with van der Waals surface area (Å²) in [6.45, 7) is 2.70. The van der Waals surface area contributed by atoms with Gasteiger partial charge in [0.25, 0.3) is 0 Å². The van der Waals surface area contributed by atoms with E-state index in [9.17, 15) is 4.79 Å². The van der Waals surface area contributed by atoms with Crippen molar-refractivity contribution in [2.75, 3.05) is 0 Å². The lowest BCUT2D eigenvalue weighted by atomic mass is 9.81. The highest BCUT2D eigenvalue weighted by Gasteiger charge is 2.31. The SMILES string of the molecule is CCCCCC(=O)O[C@@H]1CCCC[C@H]1c1ccccc1OCc1ccccc1. The van der Waals surface area contributed by atoms with E-state index < -0.39 is 0 Å². The van der Waals surface area contributed by atoms with Gasteiger partial charge in [-0.25, -0.2) is 0 Å². The number of unbranched alkanes of at least 4 members (excludes halogenated alkanes) is 2. The average molecular weight is 381 g/mol. The Morgan fingerprint density at radius 3 is 2.54 bits per heavy atom. The van der Waals surface area contributed by atoms with Crippen LogP contribution >= 0.6 is 0 Å². The van der Waals surface area contributed by atoms with Crippen molar-refractivity contribution in [2.45, 2.75) is 76.9 Å². The van der Waals surface area contributed by atoms with Crippen LogP contribution in [0, 0.1) is 0 Å². The maximum absolute atomic E-state index is 12.3. The summed E-state index contributed by atoms with van der Waals surface area (Å²) in [5, 5.41) is 0. The number of para-hydroxylation sites is 1. The molecule has 28 heavy (non-hydrogen) atoms. The molecule has 2 aromatic rings. The van der Waals surface area contributed by atoms with Gasteiger partial charge in [0.1, 0.15) is 18.5 Å². The predicted octanol–water partition coefficient (Wildman–Crippen LogP) is 6.42. The summed E-state index contributed by atoms with van der Waals surface area (Å²) in [5.74, 6) is 1.08. The molecule has 150 valence electrons. The molecule has 1 saturated carbocycles. The first kappa shape index (κ1) is 20.4. The van der Waals surface area contributed by atoms with Crippen LogP contribution in [0.2, 0.25) is 0 Å². The average Bonchev–Trinajstić information content (AvgIpc) is 2.74. The lowest BCUT2D eigenvalue weighted by molar-refractivity contribution is -0.151. The Kier molecular flexibility index (Phi) is 7.95. The fourth-order valence-electron chi connectivity index (χ4n) is 3.99. The van der Waals surface area contributed by atoms with Gasteiger partial charge in [0.15, 0.2) is 0 Å². The third-order valence-corrected chi connectivity index (χ3v) is 5.53. The van der Waals surface area contributed by atoms with Crippen LogP contribution in [0.4, 0.5) is 0 Å². The van der Waals surface area contributed by atoms with E-state index in [0.29, 0.717) is 13.0 Å². The molecular formula is C25H32O3. The lowest BCUT2D eigenvalue weighted by Gasteiger charge is -2.32. The van der Waals surface area contributed by atoms with Gasteiger partial charge in [-0.2, -0.15) is 0 Å². The standard InChI is InChI=1S/C25H32O3/c1-2-3-5-18-25(26)28-24-17-11-9-15-22(24)21-14-8-10-16-23(21)27-19-20-12-6-4-7-13-20/h4,6-8,10,12-14,16,22,24H,2-3,5,9,11,15,17-19H2,1H3/t22-,24+/m0/s1. The second-order valence-corrected chi connectivity index (χ2v) is 7.69. The summed E-state index contributed by atoms with van der Waals surface area (Å²) in [4.78, 5) is 12.3. The number of carbonyl (C=O) groups excluding carboxylic acids is 1. The van der Waals surface area contributed by atoms with Crippen LogP contribution in [0.5, 0.6) is 5.75 Å². The third-order valence-electron chi connectivity index (χ3n) is 5.53. The Hall–Kier alpha value is -2.29. The van der Waals surface area contributed by atoms with E-state index >= 15 is 0 Å². The number of hydrogen-bond acceptors (Lipinski definition) is 3. The Bertz CT molecular complexity index is 726. The molecule has 3 heteroatoms. The number of benzene rings is 2. The quantitative estimate of drug-likeness (QED) is 0.372. The molecule has 3 rings (SSSR count). The molecule has 0 unspecified atom stereocenters. The molecule has 0 heterocycles. The van der Waals surface area contributed by atoms with Gasteiger partial charge >= 0.3 is 5.97 Å². The van der Waals surface area contributed by atoms with E-state index in [1.165, 1.54) is 12.0 Å². The van der Waals surface area contributed by atoms with Crippen LogP contribution in [0.1, 0.15) is 75.3 Å². The molecule has 0 saturated heterocycles. The first-order valence-corrected chi connectivity index (χ1v) is 10.7. The number of rotatable bonds is 9. The third kappa shape index (κ3) is 5.85. The first-order chi connectivity index (χ1) is 13.8. The zero-order valence-corrected chi connectivity index (χ0v) is 16.9. The molecule has 1 aliphatic carbocycles. The van der Waals surface area contributed by atoms with Crippen molar-refractivity contribution >= 4 is 5.97 Å². The second-order valence-electron chi connectivity index (χ2n) is 7.69. The maximum Gasteiger partial charge on any atom is 0.306 e. The van der Waals surface area contributed by atoms with Crippen molar-refractivity contribution in [3.8, 4) is 5.75 Å². The molecule has 1 fully saturated rings. The fraction of sp³-hybridized carbons (Fsp3) is 0.480. The van der Waals surface area contributed by atoms with Crippen LogP contribution in [0.3, 0.4) is 0 Å². The normalized spacial score (nSPS) is 19.2. The van der Waals surface area contributed by atoms with E-state index in [1.54, 1.807) is 0 Å². The van der Waals surface area contributed by atoms with Gasteiger partial charge in [-0.15, -0.1) is 0 Å². The van der Waals surface area contributed by atoms with Gasteiger partial charge in [0.2, 0.25) is 0 Å². The van der Waals surface area contributed by atoms with Crippen LogP contribution in [0.15, 0.2) is 54.6 Å². The van der Waals surface area contributed by atoms with Gasteiger partial charge in [0, 0.05) is 17.9 Å². The van der Waals surface area contributed by atoms with Crippen molar-refractivity contribution in [3.63, 3.8) is 0 Å². The Morgan fingerprint density at radius 2 is 1.71 bits per heavy atom. The number of carbonyl (C=O) groups is 1. The van der Waals surface area contributed by atoms with E-state index in [0.717, 1.165) is 49.8 Å². The van der Waals surface area contributed by atoms with Gasteiger partial charge < -0.3 is 9.47 Å². The molecule has 0 amide bonds. The molecule has 2 atom stereocenters. The van der Waals surface area contributed by atoms with Crippen LogP contribution in [-0.4, -0.2) is 12.1 Å². The topological polar surface area (TPSA) is 35.5 Å². The Labute approximate surface area is 169 Å². The van der Waals surface area contributed by atoms with Crippen molar-refractivity contribution in [1.29, 1.82) is 0 Å². The van der Waals surface area contributed by atoms with Crippen molar-refractivity contribution in [3.05, 3.63) is 65.7 Å². The van der Waals surface area contributed by atoms with E-state index in [-0.39, 0.29) is 18.0 Å². The van der Waals surface area contributed by atoms with Crippen molar-refractivity contribution < 1.29 is 14.3 Å². The summed E-state index contributed by atoms with van der Waals surface area (Å²) in [7, 11) is 0. The minimum absolute atomic E-state index is 0.0376. The van der Waals surface area contributed by atoms with E-state index in [2.05, 4.69) is 31.2 Å². The van der Waals surface area contributed by atoms with Gasteiger partial charge in [-0.05, 0) is 37.3 Å². The first-order valence-electron chi connectivity index (χ1n) is 10.7. The van der Waals surface area contributed by atoms with E-state index in [4.69, 9.17) is 9.47 Å². The zero-order valence-electron chi connectivity index (χ0n) is 16.9. The smallest absolute Gasteiger partial charge is 0.306 e. The highest BCUT2D eigenvalue weighted by molar-refractivity contribution is 5.69. The van der Waals surface area contributed by atoms with Crippen molar-refractivity contribution in [1.82, 2.24) is 0 Å². The minimum Gasteiger partial charge on any atom is -0.489 e. The number of hydrogen-bond donors (Lipinski definition) is 0. The van der Waals surface area contributed by atoms with Crippen LogP contribution < -0.4 is 4.74 Å². The monoisotopic (exact) mass is 380 g/mol. The van der Waals surface area contributed by atoms with Gasteiger partial charge in [-0.1, -0.05) is 74.7 Å². The zero-order chi connectivity index (χ0) is 19.6. The lowest BCUT2D eigenvalue weighted by Crippen LogP contribution is -2.29. The molecule has 0 bridgehead atoms. The number of esters is 1. The van der Waals surface area contributed by atoms with Crippen LogP contribution in [-0.2, 0) is 16.1 Å². The summed E-state index contributed by atoms with van der Waals surface area (Å²) >= 11 is 0. The van der Waals surface area contributed by atoms with Crippen molar-refractivity contribution in [2.24, 2.45) is 0 Å². The van der Waals surface area contributed by atoms with Gasteiger partial charge in [-0.3, -0.25) is 4.79 Å². The highest BCUT2D eigenvalue weighted by Crippen LogP contribution is 2.39. The minimum atomic E-state index is -0.0481. The van der Waals surface area contributed by atoms with Crippen LogP contribution in [0.25, 0.3) is 0 Å². The maximum atomic E-state index is 12.3. The number of ether oxygens (including phenoxy) is 2. The summed E-state index contributed by atoms with van der Waals surface area (Å²) in [6, 6.07) is 18.5. The molecule has 0 aromatic heterocycles. The molecule has 0 N–H and O–H groups in total. The fourth-order valence-corrected chi connectivity index (χ4v) is 3.99. The Balaban J connectivity index is 1.68. The summed E-state index contributed by atoms with van der Waals surface area (Å²) in [5.41, 5.74) is 2.32. The molecule has 3 nitrogen and oxygen atoms in total. The molecule has 1 aliphatic rings. The largest absolute Gasteiger partial charge is 0.489 e. The summed E-state index contributed by atoms with van der Waals surface area (Å²) < 4.78 is 12.1. The molecule has 0 aliphatic heterocycles.